The second-order valence-corrected chi connectivity index (χ2v) is 5.02. The number of alkyl halides is 1. The minimum absolute atomic E-state index is 0.276. The summed E-state index contributed by atoms with van der Waals surface area (Å²) in [6.07, 6.45) is 0. The summed E-state index contributed by atoms with van der Waals surface area (Å²) in [5, 5.41) is 0.423. The molecule has 0 heterocycles. The standard InChI is InChI=1S/C11H13BrF2OS/c1-2-16-4-3-15-11-9(13)5-8(7-12)6-10(11)14/h5-6H,2-4,7H2,1H3. The Bertz CT molecular complexity index is 324. The summed E-state index contributed by atoms with van der Waals surface area (Å²) in [4.78, 5) is 0. The summed E-state index contributed by atoms with van der Waals surface area (Å²) in [7, 11) is 0. The van der Waals surface area contributed by atoms with Gasteiger partial charge in [0.25, 0.3) is 0 Å². The lowest BCUT2D eigenvalue weighted by Crippen LogP contribution is -2.04. The third-order valence-corrected chi connectivity index (χ3v) is 3.40. The van der Waals surface area contributed by atoms with Crippen molar-refractivity contribution in [1.29, 1.82) is 0 Å². The first kappa shape index (κ1) is 13.8. The van der Waals surface area contributed by atoms with E-state index in [2.05, 4.69) is 15.9 Å². The molecule has 0 spiro atoms. The molecule has 1 aromatic rings. The molecule has 1 aromatic carbocycles. The molecule has 1 nitrogen and oxygen atoms in total. The first-order valence-electron chi connectivity index (χ1n) is 4.93. The van der Waals surface area contributed by atoms with Crippen molar-refractivity contribution < 1.29 is 13.5 Å². The summed E-state index contributed by atoms with van der Waals surface area (Å²) in [6.45, 7) is 2.34. The zero-order valence-corrected chi connectivity index (χ0v) is 11.3. The third-order valence-electron chi connectivity index (χ3n) is 1.89. The molecule has 0 fully saturated rings. The van der Waals surface area contributed by atoms with Crippen LogP contribution >= 0.6 is 27.7 Å². The highest BCUT2D eigenvalue weighted by molar-refractivity contribution is 9.08. The minimum Gasteiger partial charge on any atom is -0.487 e. The van der Waals surface area contributed by atoms with E-state index in [-0.39, 0.29) is 5.75 Å². The highest BCUT2D eigenvalue weighted by Crippen LogP contribution is 2.24. The van der Waals surface area contributed by atoms with Crippen LogP contribution in [-0.4, -0.2) is 18.1 Å². The number of benzene rings is 1. The van der Waals surface area contributed by atoms with E-state index in [9.17, 15) is 8.78 Å². The molecule has 0 atom stereocenters. The van der Waals surface area contributed by atoms with Crippen LogP contribution in [0.1, 0.15) is 12.5 Å². The molecular formula is C11H13BrF2OS. The van der Waals surface area contributed by atoms with Crippen molar-refractivity contribution in [2.75, 3.05) is 18.1 Å². The molecule has 16 heavy (non-hydrogen) atoms. The monoisotopic (exact) mass is 310 g/mol. The Morgan fingerprint density at radius 2 is 1.94 bits per heavy atom. The topological polar surface area (TPSA) is 9.23 Å². The fourth-order valence-corrected chi connectivity index (χ4v) is 1.99. The quantitative estimate of drug-likeness (QED) is 0.580. The maximum absolute atomic E-state index is 13.4. The van der Waals surface area contributed by atoms with Crippen molar-refractivity contribution >= 4 is 27.7 Å². The van der Waals surface area contributed by atoms with Crippen LogP contribution in [0.15, 0.2) is 12.1 Å². The van der Waals surface area contributed by atoms with E-state index in [4.69, 9.17) is 4.74 Å². The predicted molar refractivity (Wildman–Crippen MR) is 67.5 cm³/mol. The van der Waals surface area contributed by atoms with Gasteiger partial charge in [-0.15, -0.1) is 0 Å². The fraction of sp³-hybridized carbons (Fsp3) is 0.455. The highest BCUT2D eigenvalue weighted by Gasteiger charge is 2.11. The number of rotatable bonds is 6. The van der Waals surface area contributed by atoms with Crippen molar-refractivity contribution in [2.45, 2.75) is 12.3 Å². The number of hydrogen-bond acceptors (Lipinski definition) is 2. The van der Waals surface area contributed by atoms with E-state index in [1.165, 1.54) is 12.1 Å². The Labute approximate surface area is 107 Å². The molecule has 0 bridgehead atoms. The van der Waals surface area contributed by atoms with Crippen LogP contribution in [0, 0.1) is 11.6 Å². The summed E-state index contributed by atoms with van der Waals surface area (Å²) < 4.78 is 31.9. The molecule has 0 saturated heterocycles. The summed E-state index contributed by atoms with van der Waals surface area (Å²) >= 11 is 4.82. The summed E-state index contributed by atoms with van der Waals surface area (Å²) in [5.41, 5.74) is 0.560. The largest absolute Gasteiger partial charge is 0.487 e. The minimum atomic E-state index is -0.643. The van der Waals surface area contributed by atoms with E-state index in [0.717, 1.165) is 11.5 Å². The number of halogens is 3. The lowest BCUT2D eigenvalue weighted by molar-refractivity contribution is 0.305. The molecule has 0 unspecified atom stereocenters. The van der Waals surface area contributed by atoms with Gasteiger partial charge in [-0.25, -0.2) is 8.78 Å². The van der Waals surface area contributed by atoms with Gasteiger partial charge in [0.2, 0.25) is 0 Å². The van der Waals surface area contributed by atoms with Gasteiger partial charge >= 0.3 is 0 Å². The average Bonchev–Trinajstić information content (AvgIpc) is 2.26. The van der Waals surface area contributed by atoms with Gasteiger partial charge in [-0.3, -0.25) is 0 Å². The first-order chi connectivity index (χ1) is 7.69. The highest BCUT2D eigenvalue weighted by atomic mass is 79.9. The van der Waals surface area contributed by atoms with Crippen molar-refractivity contribution in [3.8, 4) is 5.75 Å². The van der Waals surface area contributed by atoms with E-state index in [1.54, 1.807) is 11.8 Å². The van der Waals surface area contributed by atoms with Crippen LogP contribution in [0.4, 0.5) is 8.78 Å². The van der Waals surface area contributed by atoms with Crippen LogP contribution in [0.2, 0.25) is 0 Å². The number of ether oxygens (including phenoxy) is 1. The molecule has 0 aromatic heterocycles. The van der Waals surface area contributed by atoms with Gasteiger partial charge in [-0.1, -0.05) is 22.9 Å². The van der Waals surface area contributed by atoms with Crippen molar-refractivity contribution in [2.24, 2.45) is 0 Å². The average molecular weight is 311 g/mol. The number of hydrogen-bond donors (Lipinski definition) is 0. The summed E-state index contributed by atoms with van der Waals surface area (Å²) in [6, 6.07) is 2.56. The maximum Gasteiger partial charge on any atom is 0.190 e. The lowest BCUT2D eigenvalue weighted by atomic mass is 10.2. The molecule has 0 aliphatic heterocycles. The predicted octanol–water partition coefficient (Wildman–Crippen LogP) is 3.99. The van der Waals surface area contributed by atoms with Crippen molar-refractivity contribution in [1.82, 2.24) is 0 Å². The van der Waals surface area contributed by atoms with Gasteiger partial charge in [0.05, 0.1) is 6.61 Å². The Morgan fingerprint density at radius 3 is 2.44 bits per heavy atom. The third kappa shape index (κ3) is 3.94. The zero-order valence-electron chi connectivity index (χ0n) is 8.93. The summed E-state index contributed by atoms with van der Waals surface area (Å²) in [5.74, 6) is 0.139. The van der Waals surface area contributed by atoms with Gasteiger partial charge < -0.3 is 4.74 Å². The van der Waals surface area contributed by atoms with Crippen LogP contribution in [0.5, 0.6) is 5.75 Å². The molecule has 5 heteroatoms. The Kier molecular flexibility index (Phi) is 6.13. The molecule has 0 saturated carbocycles. The SMILES string of the molecule is CCSCCOc1c(F)cc(CBr)cc1F. The van der Waals surface area contributed by atoms with Gasteiger partial charge in [0.1, 0.15) is 0 Å². The normalized spacial score (nSPS) is 10.5. The Hall–Kier alpha value is -0.290. The molecule has 0 aliphatic rings. The van der Waals surface area contributed by atoms with Crippen LogP contribution < -0.4 is 4.74 Å². The van der Waals surface area contributed by atoms with Gasteiger partial charge in [0.15, 0.2) is 17.4 Å². The molecule has 0 radical (unpaired) electrons. The molecule has 1 rings (SSSR count). The fourth-order valence-electron chi connectivity index (χ4n) is 1.17. The van der Waals surface area contributed by atoms with Crippen molar-refractivity contribution in [3.05, 3.63) is 29.3 Å². The second kappa shape index (κ2) is 7.12. The smallest absolute Gasteiger partial charge is 0.190 e. The number of thioether (sulfide) groups is 1. The van der Waals surface area contributed by atoms with Crippen LogP contribution in [0.3, 0.4) is 0 Å². The Morgan fingerprint density at radius 1 is 1.31 bits per heavy atom. The maximum atomic E-state index is 13.4. The van der Waals surface area contributed by atoms with Gasteiger partial charge in [-0.05, 0) is 23.4 Å². The molecule has 0 amide bonds. The molecule has 0 aliphatic carbocycles. The first-order valence-corrected chi connectivity index (χ1v) is 7.21. The molecule has 90 valence electrons. The Balaban J connectivity index is 2.65. The molecular weight excluding hydrogens is 298 g/mol. The van der Waals surface area contributed by atoms with Crippen LogP contribution in [0.25, 0.3) is 0 Å². The van der Waals surface area contributed by atoms with Gasteiger partial charge in [-0.2, -0.15) is 11.8 Å². The van der Waals surface area contributed by atoms with Crippen LogP contribution in [-0.2, 0) is 5.33 Å². The van der Waals surface area contributed by atoms with E-state index in [0.29, 0.717) is 17.5 Å². The van der Waals surface area contributed by atoms with Gasteiger partial charge in [0, 0.05) is 11.1 Å². The lowest BCUT2D eigenvalue weighted by Gasteiger charge is -2.09. The van der Waals surface area contributed by atoms with Crippen molar-refractivity contribution in [3.63, 3.8) is 0 Å². The zero-order chi connectivity index (χ0) is 12.0. The van der Waals surface area contributed by atoms with E-state index in [1.807, 2.05) is 6.92 Å². The van der Waals surface area contributed by atoms with E-state index < -0.39 is 11.6 Å². The second-order valence-electron chi connectivity index (χ2n) is 3.07. The molecule has 0 N–H and O–H groups in total. The van der Waals surface area contributed by atoms with E-state index >= 15 is 0 Å².